The lowest BCUT2D eigenvalue weighted by molar-refractivity contribution is -0.161. The van der Waals surface area contributed by atoms with Gasteiger partial charge < -0.3 is 33.7 Å². The number of nitrogens with one attached hydrogen (secondary N) is 1. The van der Waals surface area contributed by atoms with E-state index in [1.807, 2.05) is 30.3 Å². The number of carbonyl (C=O) groups excluding carboxylic acids is 3. The molecule has 1 fully saturated rings. The largest absolute Gasteiger partial charge is 0.493 e. The summed E-state index contributed by atoms with van der Waals surface area (Å²) in [7, 11) is 1.40. The molecule has 0 saturated carbocycles. The molecule has 4 atom stereocenters. The summed E-state index contributed by atoms with van der Waals surface area (Å²) in [6, 6.07) is 10.4. The van der Waals surface area contributed by atoms with Crippen LogP contribution in [0, 0.1) is 17.8 Å². The number of cyclic esters (lactones) is 1. The normalized spacial score (nSPS) is 21.1. The van der Waals surface area contributed by atoms with Gasteiger partial charge in [0.15, 0.2) is 23.2 Å². The van der Waals surface area contributed by atoms with E-state index in [2.05, 4.69) is 24.1 Å². The molecule has 11 heteroatoms. The van der Waals surface area contributed by atoms with Crippen molar-refractivity contribution in [2.75, 3.05) is 33.7 Å². The Balaban J connectivity index is 1.77. The van der Waals surface area contributed by atoms with E-state index in [-0.39, 0.29) is 48.2 Å². The first-order valence-corrected chi connectivity index (χ1v) is 14.2. The second kappa shape index (κ2) is 16.1. The van der Waals surface area contributed by atoms with Crippen LogP contribution in [0.15, 0.2) is 42.6 Å². The van der Waals surface area contributed by atoms with Gasteiger partial charge in [-0.15, -0.1) is 0 Å². The SMILES string of the molecule is COc1ccnc(C(=O)NC2COCC(Cc3ccccc3)C(OCC(C)C)C(C)OC2=O)c1OCOC(=O)C(C)C. The summed E-state index contributed by atoms with van der Waals surface area (Å²) in [5, 5.41) is 2.65. The zero-order chi connectivity index (χ0) is 30.6. The molecule has 11 nitrogen and oxygen atoms in total. The van der Waals surface area contributed by atoms with Crippen LogP contribution in [0.4, 0.5) is 0 Å². The Hall–Kier alpha value is -3.70. The average molecular weight is 587 g/mol. The molecular formula is C31H42N2O9. The third kappa shape index (κ3) is 9.42. The number of amides is 1. The van der Waals surface area contributed by atoms with Crippen molar-refractivity contribution < 1.29 is 42.8 Å². The van der Waals surface area contributed by atoms with E-state index in [1.165, 1.54) is 19.4 Å². The topological polar surface area (TPSA) is 132 Å². The molecule has 0 bridgehead atoms. The zero-order valence-corrected chi connectivity index (χ0v) is 25.2. The molecule has 1 aromatic heterocycles. The predicted octanol–water partition coefficient (Wildman–Crippen LogP) is 3.59. The summed E-state index contributed by atoms with van der Waals surface area (Å²) in [6.07, 6.45) is 1.01. The first-order valence-electron chi connectivity index (χ1n) is 14.2. The summed E-state index contributed by atoms with van der Waals surface area (Å²) < 4.78 is 34.1. The van der Waals surface area contributed by atoms with Gasteiger partial charge in [-0.2, -0.15) is 0 Å². The van der Waals surface area contributed by atoms with Crippen molar-refractivity contribution in [3.63, 3.8) is 0 Å². The van der Waals surface area contributed by atoms with Crippen LogP contribution in [0.3, 0.4) is 0 Å². The highest BCUT2D eigenvalue weighted by Crippen LogP contribution is 2.30. The van der Waals surface area contributed by atoms with Crippen LogP contribution in [-0.4, -0.2) is 74.8 Å². The fourth-order valence-electron chi connectivity index (χ4n) is 4.42. The van der Waals surface area contributed by atoms with E-state index in [1.54, 1.807) is 20.8 Å². The number of carbonyl (C=O) groups is 3. The van der Waals surface area contributed by atoms with Crippen LogP contribution in [0.2, 0.25) is 0 Å². The van der Waals surface area contributed by atoms with E-state index in [9.17, 15) is 14.4 Å². The minimum Gasteiger partial charge on any atom is -0.493 e. The van der Waals surface area contributed by atoms with Gasteiger partial charge in [0.25, 0.3) is 5.91 Å². The van der Waals surface area contributed by atoms with Gasteiger partial charge in [0, 0.05) is 24.8 Å². The highest BCUT2D eigenvalue weighted by molar-refractivity contribution is 5.98. The average Bonchev–Trinajstić information content (AvgIpc) is 3.00. The summed E-state index contributed by atoms with van der Waals surface area (Å²) in [5.74, 6) is -1.85. The molecule has 1 amide bonds. The number of hydrogen-bond donors (Lipinski definition) is 1. The maximum atomic E-state index is 13.4. The van der Waals surface area contributed by atoms with Crippen LogP contribution in [-0.2, 0) is 35.0 Å². The third-order valence-corrected chi connectivity index (χ3v) is 6.58. The lowest BCUT2D eigenvalue weighted by Crippen LogP contribution is -2.46. The summed E-state index contributed by atoms with van der Waals surface area (Å²) in [5.41, 5.74) is 0.957. The lowest BCUT2D eigenvalue weighted by Gasteiger charge is -2.31. The highest BCUT2D eigenvalue weighted by atomic mass is 16.7. The molecule has 1 aliphatic rings. The van der Waals surface area contributed by atoms with Crippen molar-refractivity contribution in [1.29, 1.82) is 0 Å². The number of esters is 2. The fraction of sp³-hybridized carbons (Fsp3) is 0.548. The molecular weight excluding hydrogens is 544 g/mol. The molecule has 2 aromatic rings. The standard InChI is InChI=1S/C31H42N2O9/c1-19(2)15-39-27-21(5)42-31(36)24(17-38-16-23(27)14-22-10-8-7-9-11-22)33-29(34)26-28(25(37-6)12-13-32-26)40-18-41-30(35)20(3)4/h7-13,19-21,23-24,27H,14-18H2,1-6H3,(H,33,34). The number of nitrogens with zero attached hydrogens (tertiary/aromatic N) is 1. The van der Waals surface area contributed by atoms with E-state index < -0.39 is 42.9 Å². The molecule has 4 unspecified atom stereocenters. The third-order valence-electron chi connectivity index (χ3n) is 6.58. The number of hydrogen-bond acceptors (Lipinski definition) is 10. The van der Waals surface area contributed by atoms with E-state index in [0.717, 1.165) is 5.56 Å². The predicted molar refractivity (Wildman–Crippen MR) is 153 cm³/mol. The molecule has 230 valence electrons. The quantitative estimate of drug-likeness (QED) is 0.291. The maximum absolute atomic E-state index is 13.4. The van der Waals surface area contributed by atoms with Gasteiger partial charge in [-0.25, -0.2) is 9.78 Å². The number of benzene rings is 1. The van der Waals surface area contributed by atoms with Gasteiger partial charge >= 0.3 is 11.9 Å². The number of aromatic nitrogens is 1. The Labute approximate surface area is 247 Å². The fourth-order valence-corrected chi connectivity index (χ4v) is 4.42. The summed E-state index contributed by atoms with van der Waals surface area (Å²) in [4.78, 5) is 42.6. The number of rotatable bonds is 12. The monoisotopic (exact) mass is 586 g/mol. The molecule has 0 radical (unpaired) electrons. The Morgan fingerprint density at radius 1 is 1.10 bits per heavy atom. The molecule has 1 saturated heterocycles. The van der Waals surface area contributed by atoms with Crippen LogP contribution >= 0.6 is 0 Å². The number of ether oxygens (including phenoxy) is 6. The van der Waals surface area contributed by atoms with Gasteiger partial charge in [-0.05, 0) is 24.8 Å². The summed E-state index contributed by atoms with van der Waals surface area (Å²) in [6.45, 7) is 9.49. The van der Waals surface area contributed by atoms with Crippen molar-refractivity contribution in [3.05, 3.63) is 53.9 Å². The second-order valence-electron chi connectivity index (χ2n) is 10.9. The molecule has 1 N–H and O–H groups in total. The molecule has 0 aliphatic carbocycles. The van der Waals surface area contributed by atoms with E-state index in [0.29, 0.717) is 13.0 Å². The Morgan fingerprint density at radius 2 is 1.83 bits per heavy atom. The summed E-state index contributed by atoms with van der Waals surface area (Å²) >= 11 is 0. The first-order chi connectivity index (χ1) is 20.1. The molecule has 42 heavy (non-hydrogen) atoms. The van der Waals surface area contributed by atoms with Gasteiger partial charge in [0.05, 0.1) is 32.3 Å². The van der Waals surface area contributed by atoms with Gasteiger partial charge in [-0.1, -0.05) is 58.0 Å². The lowest BCUT2D eigenvalue weighted by atomic mass is 9.91. The van der Waals surface area contributed by atoms with Crippen LogP contribution in [0.25, 0.3) is 0 Å². The van der Waals surface area contributed by atoms with Crippen molar-refractivity contribution in [2.24, 2.45) is 17.8 Å². The first kappa shape index (κ1) is 32.8. The molecule has 0 spiro atoms. The molecule has 2 heterocycles. The van der Waals surface area contributed by atoms with Crippen molar-refractivity contribution in [1.82, 2.24) is 10.3 Å². The minimum atomic E-state index is -1.12. The molecule has 1 aromatic carbocycles. The Bertz CT molecular complexity index is 1170. The molecule has 1 aliphatic heterocycles. The highest BCUT2D eigenvalue weighted by Gasteiger charge is 2.36. The van der Waals surface area contributed by atoms with Gasteiger partial charge in [0.2, 0.25) is 6.79 Å². The zero-order valence-electron chi connectivity index (χ0n) is 25.2. The van der Waals surface area contributed by atoms with Crippen molar-refractivity contribution in [3.8, 4) is 11.5 Å². The second-order valence-corrected chi connectivity index (χ2v) is 10.9. The number of methoxy groups -OCH3 is 1. The van der Waals surface area contributed by atoms with Crippen LogP contribution in [0.1, 0.15) is 50.7 Å². The van der Waals surface area contributed by atoms with Crippen LogP contribution in [0.5, 0.6) is 11.5 Å². The van der Waals surface area contributed by atoms with Crippen LogP contribution < -0.4 is 14.8 Å². The van der Waals surface area contributed by atoms with E-state index >= 15 is 0 Å². The van der Waals surface area contributed by atoms with Gasteiger partial charge in [-0.3, -0.25) is 9.59 Å². The minimum absolute atomic E-state index is 0.0372. The van der Waals surface area contributed by atoms with E-state index in [4.69, 9.17) is 28.4 Å². The van der Waals surface area contributed by atoms with Crippen molar-refractivity contribution >= 4 is 17.8 Å². The molecule has 3 rings (SSSR count). The smallest absolute Gasteiger partial charge is 0.331 e. The maximum Gasteiger partial charge on any atom is 0.331 e. The van der Waals surface area contributed by atoms with Crippen molar-refractivity contribution in [2.45, 2.75) is 59.3 Å². The Morgan fingerprint density at radius 3 is 2.50 bits per heavy atom. The number of pyridine rings is 1. The van der Waals surface area contributed by atoms with Gasteiger partial charge in [0.1, 0.15) is 6.10 Å². The Kier molecular flexibility index (Phi) is 12.6.